The van der Waals surface area contributed by atoms with E-state index < -0.39 is 0 Å². The second-order valence-corrected chi connectivity index (χ2v) is 5.59. The van der Waals surface area contributed by atoms with E-state index in [0.717, 1.165) is 19.3 Å². The molecule has 4 nitrogen and oxygen atoms in total. The van der Waals surface area contributed by atoms with Gasteiger partial charge in [-0.15, -0.1) is 0 Å². The summed E-state index contributed by atoms with van der Waals surface area (Å²) >= 11 is 0. The molecule has 1 unspecified atom stereocenters. The van der Waals surface area contributed by atoms with E-state index in [1.165, 1.54) is 22.2 Å². The second kappa shape index (κ2) is 5.90. The Morgan fingerprint density at radius 1 is 1.43 bits per heavy atom. The summed E-state index contributed by atoms with van der Waals surface area (Å²) in [5.74, 6) is -0.145. The smallest absolute Gasteiger partial charge is 0.307 e. The molecule has 3 rings (SSSR count). The van der Waals surface area contributed by atoms with E-state index in [0.29, 0.717) is 19.6 Å². The van der Waals surface area contributed by atoms with Gasteiger partial charge in [0.15, 0.2) is 0 Å². The molecular weight excluding hydrogens is 264 g/mol. The number of carbonyl (C=O) groups is 1. The first-order chi connectivity index (χ1) is 10.2. The number of para-hydroxylation sites is 1. The molecule has 1 atom stereocenters. The molecule has 1 aromatic heterocycles. The van der Waals surface area contributed by atoms with Crippen LogP contribution in [-0.2, 0) is 22.5 Å². The first-order valence-corrected chi connectivity index (χ1v) is 7.73. The van der Waals surface area contributed by atoms with Gasteiger partial charge in [0.25, 0.3) is 0 Å². The van der Waals surface area contributed by atoms with Crippen LogP contribution in [0.2, 0.25) is 0 Å². The highest BCUT2D eigenvalue weighted by atomic mass is 16.5. The molecule has 1 aromatic carbocycles. The molecule has 1 aliphatic carbocycles. The molecule has 2 N–H and O–H groups in total. The molecule has 1 aliphatic rings. The third kappa shape index (κ3) is 2.56. The lowest BCUT2D eigenvalue weighted by molar-refractivity contribution is -0.143. The summed E-state index contributed by atoms with van der Waals surface area (Å²) in [6, 6.07) is 8.46. The van der Waals surface area contributed by atoms with Crippen molar-refractivity contribution in [1.82, 2.24) is 4.57 Å². The van der Waals surface area contributed by atoms with Gasteiger partial charge >= 0.3 is 5.97 Å². The standard InChI is InChI=1S/C17H22N2O2/c1-2-21-16(20)10-11-19-15-9-4-3-6-12(15)13-7-5-8-14(18)17(13)19/h3-4,6,9,14H,2,5,7-8,10-11,18H2,1H3. The van der Waals surface area contributed by atoms with Crippen LogP contribution in [-0.4, -0.2) is 17.1 Å². The summed E-state index contributed by atoms with van der Waals surface area (Å²) in [5.41, 5.74) is 10.1. The van der Waals surface area contributed by atoms with Crippen LogP contribution in [0.15, 0.2) is 24.3 Å². The average Bonchev–Trinajstić information content (AvgIpc) is 2.81. The Labute approximate surface area is 124 Å². The van der Waals surface area contributed by atoms with Crippen molar-refractivity contribution in [3.05, 3.63) is 35.5 Å². The molecular formula is C17H22N2O2. The highest BCUT2D eigenvalue weighted by Gasteiger charge is 2.25. The zero-order chi connectivity index (χ0) is 14.8. The maximum atomic E-state index is 11.7. The van der Waals surface area contributed by atoms with Crippen LogP contribution < -0.4 is 5.73 Å². The second-order valence-electron chi connectivity index (χ2n) is 5.59. The number of fused-ring (bicyclic) bond motifs is 3. The van der Waals surface area contributed by atoms with E-state index in [-0.39, 0.29) is 12.0 Å². The largest absolute Gasteiger partial charge is 0.466 e. The van der Waals surface area contributed by atoms with Crippen molar-refractivity contribution in [3.8, 4) is 0 Å². The lowest BCUT2D eigenvalue weighted by Gasteiger charge is -2.22. The average molecular weight is 286 g/mol. The Hall–Kier alpha value is -1.81. The van der Waals surface area contributed by atoms with Gasteiger partial charge in [0.05, 0.1) is 13.0 Å². The molecule has 1 heterocycles. The normalized spacial score (nSPS) is 17.7. The van der Waals surface area contributed by atoms with Crippen LogP contribution in [0.5, 0.6) is 0 Å². The van der Waals surface area contributed by atoms with Gasteiger partial charge < -0.3 is 15.0 Å². The lowest BCUT2D eigenvalue weighted by atomic mass is 9.92. The zero-order valence-electron chi connectivity index (χ0n) is 12.5. The van der Waals surface area contributed by atoms with Gasteiger partial charge in [-0.1, -0.05) is 18.2 Å². The molecule has 0 saturated carbocycles. The van der Waals surface area contributed by atoms with Crippen LogP contribution in [0.3, 0.4) is 0 Å². The van der Waals surface area contributed by atoms with E-state index in [2.05, 4.69) is 22.8 Å². The van der Waals surface area contributed by atoms with Crippen LogP contribution >= 0.6 is 0 Å². The number of rotatable bonds is 4. The van der Waals surface area contributed by atoms with E-state index in [1.54, 1.807) is 0 Å². The number of aryl methyl sites for hydroxylation is 2. The third-order valence-corrected chi connectivity index (χ3v) is 4.26. The topological polar surface area (TPSA) is 57.2 Å². The lowest BCUT2D eigenvalue weighted by Crippen LogP contribution is -2.21. The van der Waals surface area contributed by atoms with Gasteiger partial charge in [0.2, 0.25) is 0 Å². The number of aromatic nitrogens is 1. The molecule has 0 saturated heterocycles. The van der Waals surface area contributed by atoms with Gasteiger partial charge in [0, 0.05) is 29.2 Å². The number of nitrogens with zero attached hydrogens (tertiary/aromatic N) is 1. The van der Waals surface area contributed by atoms with Gasteiger partial charge in [-0.2, -0.15) is 0 Å². The van der Waals surface area contributed by atoms with Gasteiger partial charge in [0.1, 0.15) is 0 Å². The highest BCUT2D eigenvalue weighted by molar-refractivity contribution is 5.86. The van der Waals surface area contributed by atoms with Crippen molar-refractivity contribution in [2.24, 2.45) is 5.73 Å². The number of carbonyl (C=O) groups excluding carboxylic acids is 1. The van der Waals surface area contributed by atoms with Gasteiger partial charge in [-0.05, 0) is 37.8 Å². The fourth-order valence-corrected chi connectivity index (χ4v) is 3.39. The van der Waals surface area contributed by atoms with Crippen molar-refractivity contribution in [1.29, 1.82) is 0 Å². The molecule has 0 bridgehead atoms. The van der Waals surface area contributed by atoms with Crippen LogP contribution in [0, 0.1) is 0 Å². The summed E-state index contributed by atoms with van der Waals surface area (Å²) in [6.45, 7) is 2.91. The quantitative estimate of drug-likeness (QED) is 0.879. The molecule has 21 heavy (non-hydrogen) atoms. The minimum atomic E-state index is -0.145. The SMILES string of the molecule is CCOC(=O)CCn1c2c(c3ccccc31)CCCC2N. The van der Waals surface area contributed by atoms with Crippen LogP contribution in [0.4, 0.5) is 0 Å². The predicted molar refractivity (Wildman–Crippen MR) is 83.1 cm³/mol. The van der Waals surface area contributed by atoms with Crippen molar-refractivity contribution >= 4 is 16.9 Å². The summed E-state index contributed by atoms with van der Waals surface area (Å²) < 4.78 is 7.27. The van der Waals surface area contributed by atoms with E-state index in [9.17, 15) is 4.79 Å². The Bertz CT molecular complexity index is 660. The number of hydrogen-bond donors (Lipinski definition) is 1. The number of ether oxygens (including phenoxy) is 1. The maximum absolute atomic E-state index is 11.7. The number of benzene rings is 1. The van der Waals surface area contributed by atoms with Crippen LogP contribution in [0.1, 0.15) is 43.5 Å². The third-order valence-electron chi connectivity index (χ3n) is 4.26. The fraction of sp³-hybridized carbons (Fsp3) is 0.471. The summed E-state index contributed by atoms with van der Waals surface area (Å²) in [4.78, 5) is 11.7. The first-order valence-electron chi connectivity index (χ1n) is 7.73. The Morgan fingerprint density at radius 3 is 3.05 bits per heavy atom. The minimum absolute atomic E-state index is 0.0725. The minimum Gasteiger partial charge on any atom is -0.466 e. The van der Waals surface area contributed by atoms with Crippen molar-refractivity contribution in [2.45, 2.75) is 45.2 Å². The molecule has 0 aliphatic heterocycles. The molecule has 0 spiro atoms. The molecule has 4 heteroatoms. The van der Waals surface area contributed by atoms with Crippen molar-refractivity contribution in [2.75, 3.05) is 6.61 Å². The van der Waals surface area contributed by atoms with E-state index in [4.69, 9.17) is 10.5 Å². The van der Waals surface area contributed by atoms with Crippen molar-refractivity contribution < 1.29 is 9.53 Å². The van der Waals surface area contributed by atoms with E-state index >= 15 is 0 Å². The molecule has 112 valence electrons. The maximum Gasteiger partial charge on any atom is 0.307 e. The molecule has 0 radical (unpaired) electrons. The number of nitrogens with two attached hydrogens (primary N) is 1. The number of esters is 1. The summed E-state index contributed by atoms with van der Waals surface area (Å²) in [6.07, 6.45) is 3.63. The fourth-order valence-electron chi connectivity index (χ4n) is 3.39. The summed E-state index contributed by atoms with van der Waals surface area (Å²) in [5, 5.41) is 1.28. The van der Waals surface area contributed by atoms with E-state index in [1.807, 2.05) is 13.0 Å². The Kier molecular flexibility index (Phi) is 3.97. The Balaban J connectivity index is 2.00. The number of hydrogen-bond acceptors (Lipinski definition) is 3. The monoisotopic (exact) mass is 286 g/mol. The molecule has 2 aromatic rings. The first kappa shape index (κ1) is 14.1. The van der Waals surface area contributed by atoms with Gasteiger partial charge in [-0.25, -0.2) is 0 Å². The van der Waals surface area contributed by atoms with Crippen LogP contribution in [0.25, 0.3) is 10.9 Å². The highest BCUT2D eigenvalue weighted by Crippen LogP contribution is 2.36. The van der Waals surface area contributed by atoms with Gasteiger partial charge in [-0.3, -0.25) is 4.79 Å². The predicted octanol–water partition coefficient (Wildman–Crippen LogP) is 2.93. The zero-order valence-corrected chi connectivity index (χ0v) is 12.5. The summed E-state index contributed by atoms with van der Waals surface area (Å²) in [7, 11) is 0. The molecule has 0 fully saturated rings. The van der Waals surface area contributed by atoms with Crippen molar-refractivity contribution in [3.63, 3.8) is 0 Å². The Morgan fingerprint density at radius 2 is 2.24 bits per heavy atom. The molecule has 0 amide bonds.